The van der Waals surface area contributed by atoms with Gasteiger partial charge < -0.3 is 38.2 Å². The zero-order valence-corrected chi connectivity index (χ0v) is 16.5. The lowest BCUT2D eigenvalue weighted by Gasteiger charge is -2.27. The maximum atomic E-state index is 10.4. The van der Waals surface area contributed by atoms with Crippen LogP contribution in [0.1, 0.15) is 0 Å². The molecule has 0 aromatic rings. The first kappa shape index (κ1) is 22.7. The predicted molar refractivity (Wildman–Crippen MR) is 95.6 cm³/mol. The second-order valence-electron chi connectivity index (χ2n) is 5.90. The van der Waals surface area contributed by atoms with Crippen molar-refractivity contribution >= 4 is 34.2 Å². The average molecular weight is 408 g/mol. The second-order valence-corrected chi connectivity index (χ2v) is 8.69. The van der Waals surface area contributed by atoms with E-state index < -0.39 is 55.3 Å². The Morgan fingerprint density at radius 3 is 1.92 bits per heavy atom. The minimum atomic E-state index is -3.72. The molecule has 2 heterocycles. The molecule has 3 unspecified atom stereocenters. The number of rotatable bonds is 9. The Morgan fingerprint density at radius 2 is 1.42 bits per heavy atom. The zero-order chi connectivity index (χ0) is 19.5. The fourth-order valence-electron chi connectivity index (χ4n) is 3.09. The van der Waals surface area contributed by atoms with Crippen molar-refractivity contribution in [3.8, 4) is 0 Å². The molecule has 0 amide bonds. The molecule has 2 aliphatic heterocycles. The Kier molecular flexibility index (Phi) is 8.52. The molecule has 146 valence electrons. The van der Waals surface area contributed by atoms with E-state index in [2.05, 4.69) is 0 Å². The van der Waals surface area contributed by atoms with Gasteiger partial charge in [-0.2, -0.15) is 0 Å². The second kappa shape index (κ2) is 9.76. The third kappa shape index (κ3) is 5.07. The van der Waals surface area contributed by atoms with E-state index in [0.29, 0.717) is 0 Å². The van der Waals surface area contributed by atoms with Gasteiger partial charge in [-0.3, -0.25) is 4.52 Å². The summed E-state index contributed by atoms with van der Waals surface area (Å²) in [6.45, 7) is -4.22. The quantitative estimate of drug-likeness (QED) is 0.344. The normalized spacial score (nSPS) is 42.8. The third-order valence-corrected chi connectivity index (χ3v) is 5.90. The summed E-state index contributed by atoms with van der Waals surface area (Å²) in [5.74, 6) is 0. The molecule has 13 heteroatoms. The number of methoxy groups -OCH3 is 3. The van der Waals surface area contributed by atoms with Crippen molar-refractivity contribution in [1.29, 1.82) is 0 Å². The minimum absolute atomic E-state index is 0.124. The monoisotopic (exact) mass is 408 g/mol. The van der Waals surface area contributed by atoms with E-state index in [1.165, 1.54) is 21.3 Å². The number of aliphatic hydroxyl groups is 1. The van der Waals surface area contributed by atoms with Crippen LogP contribution in [0.4, 0.5) is 0 Å². The molecule has 0 spiro atoms. The summed E-state index contributed by atoms with van der Waals surface area (Å²) < 4.78 is 37.5. The topological polar surface area (TPSA) is 105 Å². The summed E-state index contributed by atoms with van der Waals surface area (Å²) in [7, 11) is 16.0. The van der Waals surface area contributed by atoms with Crippen LogP contribution in [0.5, 0.6) is 0 Å². The summed E-state index contributed by atoms with van der Waals surface area (Å²) in [6, 6.07) is -1.53. The summed E-state index contributed by atoms with van der Waals surface area (Å²) in [5, 5.41) is 9.39. The highest BCUT2D eigenvalue weighted by Crippen LogP contribution is 2.48. The van der Waals surface area contributed by atoms with Gasteiger partial charge in [-0.25, -0.2) is 0 Å². The van der Waals surface area contributed by atoms with E-state index in [9.17, 15) is 10.00 Å². The lowest BCUT2D eigenvalue weighted by atomic mass is 9.93. The van der Waals surface area contributed by atoms with Gasteiger partial charge in [0, 0.05) is 33.3 Å². The number of hydrogen-bond donors (Lipinski definition) is 2. The van der Waals surface area contributed by atoms with Gasteiger partial charge in [-0.15, -0.1) is 0 Å². The molecule has 0 aromatic heterocycles. The highest BCUT2D eigenvalue weighted by molar-refractivity contribution is 8.07. The lowest BCUT2D eigenvalue weighted by Crippen LogP contribution is -2.39. The van der Waals surface area contributed by atoms with Crippen LogP contribution in [-0.2, 0) is 44.5 Å². The average Bonchev–Trinajstić information content (AvgIpc) is 3.07. The molecule has 9 atom stereocenters. The number of hydrogen-bond acceptors (Lipinski definition) is 9. The number of aliphatic hydroxyl groups excluding tert-OH is 1. The SMILES string of the molecule is [B][C@@H]1O[C@H](COP(O)(=S)O[C@@H]2C(OC)[C@H]([B])O[C@@H]2CO)[C@H](OC)C1OC. The van der Waals surface area contributed by atoms with Crippen molar-refractivity contribution in [2.45, 2.75) is 48.6 Å². The standard InChI is InChI=1S/C13H23B2O9PS/c1-18-8-7(23-12(14)10(8)19-2)5-21-25(17,26)24-9-6(4-16)22-13(15)11(9)20-3/h6-13,16H,4-5H2,1-3H3,(H,17,26)/t6-,7-,8+,9+,10?,11?,12-,13-,25?/m1/s1. The lowest BCUT2D eigenvalue weighted by molar-refractivity contribution is -0.0438. The Morgan fingerprint density at radius 1 is 0.923 bits per heavy atom. The maximum Gasteiger partial charge on any atom is 0.325 e. The molecule has 2 rings (SSSR count). The van der Waals surface area contributed by atoms with Crippen molar-refractivity contribution in [2.75, 3.05) is 34.5 Å². The van der Waals surface area contributed by atoms with Crippen LogP contribution in [0, 0.1) is 0 Å². The molecular weight excluding hydrogens is 385 g/mol. The van der Waals surface area contributed by atoms with Gasteiger partial charge >= 0.3 is 6.72 Å². The van der Waals surface area contributed by atoms with Crippen LogP contribution in [0.25, 0.3) is 0 Å². The highest BCUT2D eigenvalue weighted by Gasteiger charge is 2.47. The van der Waals surface area contributed by atoms with Crippen LogP contribution < -0.4 is 0 Å². The molecular formula is C13H23B2O9PS. The molecule has 0 bridgehead atoms. The van der Waals surface area contributed by atoms with Crippen molar-refractivity contribution in [2.24, 2.45) is 0 Å². The summed E-state index contributed by atoms with van der Waals surface area (Å²) >= 11 is 5.05. The molecule has 0 aliphatic carbocycles. The summed E-state index contributed by atoms with van der Waals surface area (Å²) in [5.41, 5.74) is 0. The van der Waals surface area contributed by atoms with Gasteiger partial charge in [0.2, 0.25) is 0 Å². The van der Waals surface area contributed by atoms with E-state index in [4.69, 9.17) is 60.2 Å². The van der Waals surface area contributed by atoms with E-state index in [1.54, 1.807) is 0 Å². The van der Waals surface area contributed by atoms with Gasteiger partial charge in [0.25, 0.3) is 0 Å². The maximum absolute atomic E-state index is 10.4. The minimum Gasteiger partial charge on any atom is -0.394 e. The number of ether oxygens (including phenoxy) is 5. The molecule has 9 nitrogen and oxygen atoms in total. The Bertz CT molecular complexity index is 504. The first-order chi connectivity index (χ1) is 12.3. The van der Waals surface area contributed by atoms with Gasteiger partial charge in [0.15, 0.2) is 0 Å². The zero-order valence-electron chi connectivity index (χ0n) is 14.8. The van der Waals surface area contributed by atoms with Crippen LogP contribution in [0.2, 0.25) is 0 Å². The van der Waals surface area contributed by atoms with Crippen LogP contribution in [0.3, 0.4) is 0 Å². The molecule has 2 N–H and O–H groups in total. The van der Waals surface area contributed by atoms with Crippen molar-refractivity contribution in [3.05, 3.63) is 0 Å². The van der Waals surface area contributed by atoms with E-state index in [-0.39, 0.29) is 13.2 Å². The molecule has 0 saturated carbocycles. The van der Waals surface area contributed by atoms with Crippen molar-refractivity contribution in [3.63, 3.8) is 0 Å². The summed E-state index contributed by atoms with van der Waals surface area (Å²) in [6.07, 6.45) is -3.98. The Hall–Kier alpha value is 0.420. The Labute approximate surface area is 160 Å². The fraction of sp³-hybridized carbons (Fsp3) is 1.00. The van der Waals surface area contributed by atoms with E-state index >= 15 is 0 Å². The van der Waals surface area contributed by atoms with Gasteiger partial charge in [0.05, 0.1) is 13.2 Å². The fourth-order valence-corrected chi connectivity index (χ4v) is 4.53. The third-order valence-electron chi connectivity index (χ3n) is 4.35. The molecule has 26 heavy (non-hydrogen) atoms. The van der Waals surface area contributed by atoms with E-state index in [0.717, 1.165) is 0 Å². The molecule has 2 fully saturated rings. The first-order valence-corrected chi connectivity index (χ1v) is 10.5. The van der Waals surface area contributed by atoms with Crippen molar-refractivity contribution in [1.82, 2.24) is 0 Å². The van der Waals surface area contributed by atoms with Crippen LogP contribution >= 0.6 is 6.72 Å². The van der Waals surface area contributed by atoms with Crippen LogP contribution in [0.15, 0.2) is 0 Å². The van der Waals surface area contributed by atoms with Crippen LogP contribution in [-0.4, -0.2) is 109 Å². The largest absolute Gasteiger partial charge is 0.394 e. The molecule has 0 aromatic carbocycles. The van der Waals surface area contributed by atoms with Gasteiger partial charge in [-0.1, -0.05) is 0 Å². The Balaban J connectivity index is 1.97. The van der Waals surface area contributed by atoms with E-state index in [1.807, 2.05) is 0 Å². The highest BCUT2D eigenvalue weighted by atomic mass is 32.5. The molecule has 4 radical (unpaired) electrons. The predicted octanol–water partition coefficient (Wildman–Crippen LogP) is -1.57. The smallest absolute Gasteiger partial charge is 0.325 e. The first-order valence-electron chi connectivity index (χ1n) is 7.95. The molecule has 2 saturated heterocycles. The van der Waals surface area contributed by atoms with Gasteiger partial charge in [-0.05, 0) is 11.8 Å². The molecule has 2 aliphatic rings. The van der Waals surface area contributed by atoms with Gasteiger partial charge in [0.1, 0.15) is 52.3 Å². The summed E-state index contributed by atoms with van der Waals surface area (Å²) in [4.78, 5) is 10.4. The van der Waals surface area contributed by atoms with Crippen molar-refractivity contribution < 1.29 is 42.7 Å².